The maximum atomic E-state index is 7.45. The summed E-state index contributed by atoms with van der Waals surface area (Å²) in [5.74, 6) is 0.887. The molecule has 0 atom stereocenters. The number of anilines is 2. The molecule has 0 heterocycles. The van der Waals surface area contributed by atoms with E-state index in [2.05, 4.69) is 15.9 Å². The number of nitrogen functional groups attached to an aromatic ring is 1. The van der Waals surface area contributed by atoms with Crippen LogP contribution in [0.2, 0.25) is 0 Å². The Morgan fingerprint density at radius 2 is 1.85 bits per heavy atom. The molecule has 4 nitrogen and oxygen atoms in total. The van der Waals surface area contributed by atoms with Gasteiger partial charge in [0, 0.05) is 22.8 Å². The van der Waals surface area contributed by atoms with Crippen molar-refractivity contribution in [1.29, 1.82) is 5.41 Å². The van der Waals surface area contributed by atoms with Gasteiger partial charge in [-0.25, -0.2) is 0 Å². The molecule has 0 aliphatic carbocycles. The number of benzene rings is 2. The average Bonchev–Trinajstić information content (AvgIpc) is 2.46. The second kappa shape index (κ2) is 5.96. The van der Waals surface area contributed by atoms with Crippen molar-refractivity contribution in [2.75, 3.05) is 19.1 Å². The topological polar surface area (TPSA) is 62.3 Å². The van der Waals surface area contributed by atoms with Crippen LogP contribution in [-0.2, 0) is 0 Å². The molecule has 0 saturated carbocycles. The SMILES string of the molecule is COc1ccc(N(C)c2ccc(C(=N)N)cc2Br)cc1. The fourth-order valence-corrected chi connectivity index (χ4v) is 2.54. The molecule has 20 heavy (non-hydrogen) atoms. The summed E-state index contributed by atoms with van der Waals surface area (Å²) in [6, 6.07) is 13.4. The zero-order valence-corrected chi connectivity index (χ0v) is 12.9. The molecule has 0 radical (unpaired) electrons. The summed E-state index contributed by atoms with van der Waals surface area (Å²) in [5.41, 5.74) is 8.23. The third-order valence-corrected chi connectivity index (χ3v) is 3.71. The Kier molecular flexibility index (Phi) is 4.29. The molecule has 2 aromatic rings. The molecule has 2 rings (SSSR count). The minimum atomic E-state index is 0.0596. The van der Waals surface area contributed by atoms with Gasteiger partial charge in [-0.2, -0.15) is 0 Å². The van der Waals surface area contributed by atoms with Crippen LogP contribution in [0.1, 0.15) is 5.56 Å². The zero-order chi connectivity index (χ0) is 14.7. The van der Waals surface area contributed by atoms with E-state index in [9.17, 15) is 0 Å². The number of ether oxygens (including phenoxy) is 1. The summed E-state index contributed by atoms with van der Waals surface area (Å²) in [6.45, 7) is 0. The third-order valence-electron chi connectivity index (χ3n) is 3.08. The molecule has 3 N–H and O–H groups in total. The molecule has 0 spiro atoms. The number of methoxy groups -OCH3 is 1. The molecule has 0 aromatic heterocycles. The van der Waals surface area contributed by atoms with Crippen LogP contribution >= 0.6 is 15.9 Å². The Hall–Kier alpha value is -2.01. The van der Waals surface area contributed by atoms with E-state index in [4.69, 9.17) is 15.9 Å². The van der Waals surface area contributed by atoms with E-state index in [-0.39, 0.29) is 5.84 Å². The van der Waals surface area contributed by atoms with E-state index < -0.39 is 0 Å². The van der Waals surface area contributed by atoms with E-state index in [0.717, 1.165) is 21.6 Å². The normalized spacial score (nSPS) is 10.2. The molecular formula is C15H16BrN3O. The molecule has 0 amide bonds. The summed E-state index contributed by atoms with van der Waals surface area (Å²) in [6.07, 6.45) is 0. The number of nitrogens with zero attached hydrogens (tertiary/aromatic N) is 1. The second-order valence-corrected chi connectivity index (χ2v) is 5.19. The van der Waals surface area contributed by atoms with E-state index in [1.54, 1.807) is 7.11 Å². The van der Waals surface area contributed by atoms with Gasteiger partial charge in [0.05, 0.1) is 12.8 Å². The van der Waals surface area contributed by atoms with Gasteiger partial charge in [0.2, 0.25) is 0 Å². The number of rotatable bonds is 4. The summed E-state index contributed by atoms with van der Waals surface area (Å²) in [4.78, 5) is 2.05. The van der Waals surface area contributed by atoms with Crippen molar-refractivity contribution in [3.8, 4) is 5.75 Å². The van der Waals surface area contributed by atoms with Crippen LogP contribution in [0.5, 0.6) is 5.75 Å². The zero-order valence-electron chi connectivity index (χ0n) is 11.4. The molecule has 2 aromatic carbocycles. The highest BCUT2D eigenvalue weighted by atomic mass is 79.9. The van der Waals surface area contributed by atoms with Crippen molar-refractivity contribution >= 4 is 33.1 Å². The molecule has 0 unspecified atom stereocenters. The summed E-state index contributed by atoms with van der Waals surface area (Å²) >= 11 is 3.52. The van der Waals surface area contributed by atoms with Gasteiger partial charge in [0.25, 0.3) is 0 Å². The molecule has 104 valence electrons. The van der Waals surface area contributed by atoms with E-state index in [0.29, 0.717) is 5.56 Å². The van der Waals surface area contributed by atoms with Crippen LogP contribution < -0.4 is 15.4 Å². The van der Waals surface area contributed by atoms with Gasteiger partial charge in [-0.15, -0.1) is 0 Å². The van der Waals surface area contributed by atoms with Crippen LogP contribution in [-0.4, -0.2) is 20.0 Å². The summed E-state index contributed by atoms with van der Waals surface area (Å²) in [7, 11) is 3.63. The van der Waals surface area contributed by atoms with E-state index in [1.807, 2.05) is 54.4 Å². The first-order valence-corrected chi connectivity index (χ1v) is 6.84. The Morgan fingerprint density at radius 3 is 2.35 bits per heavy atom. The number of hydrogen-bond donors (Lipinski definition) is 2. The van der Waals surface area contributed by atoms with Gasteiger partial charge in [-0.05, 0) is 58.4 Å². The van der Waals surface area contributed by atoms with Crippen molar-refractivity contribution in [2.24, 2.45) is 5.73 Å². The van der Waals surface area contributed by atoms with Crippen LogP contribution in [0.3, 0.4) is 0 Å². The van der Waals surface area contributed by atoms with Gasteiger partial charge in [-0.3, -0.25) is 5.41 Å². The maximum absolute atomic E-state index is 7.45. The van der Waals surface area contributed by atoms with Crippen molar-refractivity contribution in [3.63, 3.8) is 0 Å². The lowest BCUT2D eigenvalue weighted by Gasteiger charge is -2.21. The van der Waals surface area contributed by atoms with Gasteiger partial charge in [0.15, 0.2) is 0 Å². The Bertz CT molecular complexity index is 626. The highest BCUT2D eigenvalue weighted by Gasteiger charge is 2.09. The lowest BCUT2D eigenvalue weighted by Crippen LogP contribution is -2.13. The predicted octanol–water partition coefficient (Wildman–Crippen LogP) is 3.51. The number of hydrogen-bond acceptors (Lipinski definition) is 3. The predicted molar refractivity (Wildman–Crippen MR) is 86.2 cm³/mol. The monoisotopic (exact) mass is 333 g/mol. The largest absolute Gasteiger partial charge is 0.497 e. The summed E-state index contributed by atoms with van der Waals surface area (Å²) in [5, 5.41) is 7.45. The third kappa shape index (κ3) is 2.93. The molecule has 0 fully saturated rings. The quantitative estimate of drug-likeness (QED) is 0.664. The molecule has 0 bridgehead atoms. The Labute approximate surface area is 126 Å². The minimum absolute atomic E-state index is 0.0596. The number of halogens is 1. The number of nitrogens with one attached hydrogen (secondary N) is 1. The Morgan fingerprint density at radius 1 is 1.20 bits per heavy atom. The van der Waals surface area contributed by atoms with E-state index in [1.165, 1.54) is 0 Å². The molecule has 0 aliphatic rings. The Balaban J connectivity index is 2.32. The van der Waals surface area contributed by atoms with Gasteiger partial charge in [-0.1, -0.05) is 0 Å². The fraction of sp³-hybridized carbons (Fsp3) is 0.133. The van der Waals surface area contributed by atoms with Crippen molar-refractivity contribution in [2.45, 2.75) is 0 Å². The molecular weight excluding hydrogens is 318 g/mol. The van der Waals surface area contributed by atoms with Gasteiger partial charge in [0.1, 0.15) is 11.6 Å². The molecule has 0 saturated heterocycles. The average molecular weight is 334 g/mol. The van der Waals surface area contributed by atoms with Crippen LogP contribution in [0.4, 0.5) is 11.4 Å². The van der Waals surface area contributed by atoms with Crippen molar-refractivity contribution in [1.82, 2.24) is 0 Å². The lowest BCUT2D eigenvalue weighted by molar-refractivity contribution is 0.415. The minimum Gasteiger partial charge on any atom is -0.497 e. The first-order valence-electron chi connectivity index (χ1n) is 6.04. The van der Waals surface area contributed by atoms with Crippen LogP contribution in [0.25, 0.3) is 0 Å². The molecule has 0 aliphatic heterocycles. The first kappa shape index (κ1) is 14.4. The first-order chi connectivity index (χ1) is 9.52. The van der Waals surface area contributed by atoms with Gasteiger partial charge < -0.3 is 15.4 Å². The van der Waals surface area contributed by atoms with E-state index >= 15 is 0 Å². The lowest BCUT2D eigenvalue weighted by atomic mass is 10.1. The van der Waals surface area contributed by atoms with Gasteiger partial charge >= 0.3 is 0 Å². The van der Waals surface area contributed by atoms with Crippen LogP contribution in [0, 0.1) is 5.41 Å². The smallest absolute Gasteiger partial charge is 0.122 e. The van der Waals surface area contributed by atoms with Crippen molar-refractivity contribution in [3.05, 3.63) is 52.5 Å². The second-order valence-electron chi connectivity index (χ2n) is 4.34. The van der Waals surface area contributed by atoms with Crippen molar-refractivity contribution < 1.29 is 4.74 Å². The molecule has 5 heteroatoms. The highest BCUT2D eigenvalue weighted by molar-refractivity contribution is 9.10. The number of amidine groups is 1. The summed E-state index contributed by atoms with van der Waals surface area (Å²) < 4.78 is 6.05. The van der Waals surface area contributed by atoms with Crippen LogP contribution in [0.15, 0.2) is 46.9 Å². The maximum Gasteiger partial charge on any atom is 0.122 e. The number of nitrogens with two attached hydrogens (primary N) is 1. The standard InChI is InChI=1S/C15H16BrN3O/c1-19(11-4-6-12(20-2)7-5-11)14-8-3-10(15(17)18)9-13(14)16/h3-9H,1-2H3,(H3,17,18). The highest BCUT2D eigenvalue weighted by Crippen LogP contribution is 2.32. The fourth-order valence-electron chi connectivity index (χ4n) is 1.89.